The van der Waals surface area contributed by atoms with Crippen LogP contribution in [0.4, 0.5) is 0 Å². The number of fused-ring (bicyclic) bond motifs is 1. The Morgan fingerprint density at radius 1 is 1.36 bits per heavy atom. The van der Waals surface area contributed by atoms with E-state index in [1.54, 1.807) is 29.7 Å². The Bertz CT molecular complexity index is 776. The summed E-state index contributed by atoms with van der Waals surface area (Å²) in [6.07, 6.45) is 6.27. The third kappa shape index (κ3) is 4.33. The van der Waals surface area contributed by atoms with E-state index in [-0.39, 0.29) is 37.0 Å². The van der Waals surface area contributed by atoms with Crippen LogP contribution in [-0.2, 0) is 19.1 Å². The molecule has 0 aromatic carbocycles. The molecule has 3 aliphatic rings. The number of rotatable bonds is 12. The maximum Gasteiger partial charge on any atom is 0.311 e. The second-order valence-electron chi connectivity index (χ2n) is 9.86. The van der Waals surface area contributed by atoms with Crippen molar-refractivity contribution in [3.8, 4) is 0 Å². The van der Waals surface area contributed by atoms with Gasteiger partial charge in [0.2, 0.25) is 11.8 Å². The monoisotopic (exact) mass is 480 g/mol. The number of hydrogen-bond acceptors (Lipinski definition) is 6. The molecule has 3 rings (SSSR count). The van der Waals surface area contributed by atoms with Crippen molar-refractivity contribution in [2.75, 3.05) is 26.3 Å². The van der Waals surface area contributed by atoms with E-state index in [1.165, 1.54) is 0 Å². The highest BCUT2D eigenvalue weighted by molar-refractivity contribution is 8.02. The fourth-order valence-electron chi connectivity index (χ4n) is 6.29. The quantitative estimate of drug-likeness (QED) is 0.263. The fraction of sp³-hybridized carbons (Fsp3) is 0.800. The topological polar surface area (TPSA) is 87.2 Å². The first-order valence-corrected chi connectivity index (χ1v) is 13.2. The second-order valence-corrected chi connectivity index (χ2v) is 11.8. The second kappa shape index (κ2) is 10.4. The first-order valence-electron chi connectivity index (χ1n) is 12.4. The molecule has 3 fully saturated rings. The maximum atomic E-state index is 14.2. The van der Waals surface area contributed by atoms with Gasteiger partial charge in [-0.3, -0.25) is 14.4 Å². The molecular formula is C25H40N2O5S. The molecule has 7 nitrogen and oxygen atoms in total. The lowest BCUT2D eigenvalue weighted by molar-refractivity contribution is -0.155. The summed E-state index contributed by atoms with van der Waals surface area (Å²) in [4.78, 5) is 44.7. The van der Waals surface area contributed by atoms with E-state index >= 15 is 0 Å². The predicted octanol–water partition coefficient (Wildman–Crippen LogP) is 3.01. The Balaban J connectivity index is 2.04. The van der Waals surface area contributed by atoms with Crippen LogP contribution in [0.25, 0.3) is 0 Å². The van der Waals surface area contributed by atoms with E-state index < -0.39 is 27.4 Å². The highest BCUT2D eigenvalue weighted by Gasteiger charge is 2.77. The zero-order valence-corrected chi connectivity index (χ0v) is 21.4. The Hall–Kier alpha value is -1.54. The predicted molar refractivity (Wildman–Crippen MR) is 130 cm³/mol. The summed E-state index contributed by atoms with van der Waals surface area (Å²) in [5, 5.41) is 9.29. The fourth-order valence-corrected chi connectivity index (χ4v) is 8.63. The summed E-state index contributed by atoms with van der Waals surface area (Å²) in [5.41, 5.74) is 0. The van der Waals surface area contributed by atoms with Crippen LogP contribution >= 0.6 is 11.8 Å². The van der Waals surface area contributed by atoms with Crippen LogP contribution < -0.4 is 0 Å². The van der Waals surface area contributed by atoms with E-state index in [4.69, 9.17) is 4.74 Å². The first-order chi connectivity index (χ1) is 15.7. The number of aliphatic hydroxyl groups excluding tert-OH is 1. The zero-order valence-electron chi connectivity index (χ0n) is 20.5. The van der Waals surface area contributed by atoms with Crippen molar-refractivity contribution in [1.82, 2.24) is 9.80 Å². The van der Waals surface area contributed by atoms with Gasteiger partial charge < -0.3 is 19.6 Å². The minimum absolute atomic E-state index is 0.0328. The maximum absolute atomic E-state index is 14.2. The van der Waals surface area contributed by atoms with Crippen molar-refractivity contribution in [2.45, 2.75) is 87.8 Å². The van der Waals surface area contributed by atoms with Gasteiger partial charge in [-0.15, -0.1) is 18.3 Å². The van der Waals surface area contributed by atoms with Gasteiger partial charge >= 0.3 is 5.97 Å². The van der Waals surface area contributed by atoms with E-state index in [9.17, 15) is 19.5 Å². The lowest BCUT2D eigenvalue weighted by atomic mass is 9.66. The molecule has 0 radical (unpaired) electrons. The molecule has 3 aliphatic heterocycles. The van der Waals surface area contributed by atoms with Crippen LogP contribution in [0.3, 0.4) is 0 Å². The van der Waals surface area contributed by atoms with E-state index in [1.807, 2.05) is 4.90 Å². The summed E-state index contributed by atoms with van der Waals surface area (Å²) < 4.78 is 4.40. The van der Waals surface area contributed by atoms with E-state index in [0.29, 0.717) is 25.9 Å². The van der Waals surface area contributed by atoms with Gasteiger partial charge in [0.25, 0.3) is 0 Å². The lowest BCUT2D eigenvalue weighted by Crippen LogP contribution is -2.56. The summed E-state index contributed by atoms with van der Waals surface area (Å²) in [6, 6.07) is -0.579. The minimum Gasteiger partial charge on any atom is -0.466 e. The molecule has 3 heterocycles. The molecule has 0 saturated carbocycles. The summed E-state index contributed by atoms with van der Waals surface area (Å²) >= 11 is 1.67. The molecular weight excluding hydrogens is 440 g/mol. The summed E-state index contributed by atoms with van der Waals surface area (Å²) in [6.45, 7) is 13.0. The molecule has 6 atom stereocenters. The van der Waals surface area contributed by atoms with Gasteiger partial charge in [-0.2, -0.15) is 0 Å². The number of esters is 1. The van der Waals surface area contributed by atoms with Crippen LogP contribution in [0.1, 0.15) is 66.2 Å². The summed E-state index contributed by atoms with van der Waals surface area (Å²) in [7, 11) is 0. The molecule has 8 heteroatoms. The summed E-state index contributed by atoms with van der Waals surface area (Å²) in [5.74, 6) is -1.56. The SMILES string of the molecule is C=CCN(C(=O)C1N(CCCCO)C(=O)[C@@H]2[C@@H](C(=O)OCC)[C@@]3(C)CCC12S3)C(C)CCC. The molecule has 2 bridgehead atoms. The first kappa shape index (κ1) is 26.1. The van der Waals surface area contributed by atoms with Crippen molar-refractivity contribution < 1.29 is 24.2 Å². The molecule has 1 N–H and O–H groups in total. The van der Waals surface area contributed by atoms with E-state index in [0.717, 1.165) is 25.7 Å². The number of hydrogen-bond donors (Lipinski definition) is 1. The van der Waals surface area contributed by atoms with Gasteiger partial charge in [0.15, 0.2) is 0 Å². The van der Waals surface area contributed by atoms with Crippen LogP contribution in [0.5, 0.6) is 0 Å². The average Bonchev–Trinajstić information content (AvgIpc) is 3.33. The molecule has 0 aromatic heterocycles. The number of nitrogens with zero attached hydrogens (tertiary/aromatic N) is 2. The largest absolute Gasteiger partial charge is 0.466 e. The van der Waals surface area contributed by atoms with Crippen molar-refractivity contribution in [2.24, 2.45) is 11.8 Å². The van der Waals surface area contributed by atoms with Crippen molar-refractivity contribution in [1.29, 1.82) is 0 Å². The van der Waals surface area contributed by atoms with Gasteiger partial charge in [0.05, 0.1) is 23.2 Å². The molecule has 3 saturated heterocycles. The third-order valence-electron chi connectivity index (χ3n) is 7.71. The lowest BCUT2D eigenvalue weighted by Gasteiger charge is -2.39. The molecule has 33 heavy (non-hydrogen) atoms. The molecule has 186 valence electrons. The zero-order chi connectivity index (χ0) is 24.4. The van der Waals surface area contributed by atoms with Crippen LogP contribution in [0.2, 0.25) is 0 Å². The van der Waals surface area contributed by atoms with Gasteiger partial charge in [-0.1, -0.05) is 19.4 Å². The Morgan fingerprint density at radius 3 is 2.70 bits per heavy atom. The highest BCUT2D eigenvalue weighted by atomic mass is 32.2. The van der Waals surface area contributed by atoms with Crippen molar-refractivity contribution >= 4 is 29.5 Å². The standard InChI is InChI=1S/C25H40N2O5S/c1-6-11-17(4)26(14-7-2)22(30)20-25-13-12-24(5,33-25)19(23(31)32-8-3)18(25)21(29)27(20)15-9-10-16-28/h7,17-20,28H,2,6,8-16H2,1,3-5H3/t17?,18-,19-,20?,24+,25?/m0/s1. The van der Waals surface area contributed by atoms with Gasteiger partial charge in [-0.25, -0.2) is 0 Å². The van der Waals surface area contributed by atoms with Crippen LogP contribution in [0, 0.1) is 11.8 Å². The number of aliphatic hydroxyl groups is 1. The molecule has 0 aliphatic carbocycles. The number of amides is 2. The number of carbonyl (C=O) groups excluding carboxylic acids is 3. The molecule has 1 spiro atoms. The Labute approximate surface area is 202 Å². The minimum atomic E-state index is -0.620. The Kier molecular flexibility index (Phi) is 8.20. The van der Waals surface area contributed by atoms with Crippen molar-refractivity contribution in [3.05, 3.63) is 12.7 Å². The van der Waals surface area contributed by atoms with Crippen molar-refractivity contribution in [3.63, 3.8) is 0 Å². The normalized spacial score (nSPS) is 33.2. The van der Waals surface area contributed by atoms with Crippen LogP contribution in [-0.4, -0.2) is 80.6 Å². The van der Waals surface area contributed by atoms with Crippen LogP contribution in [0.15, 0.2) is 12.7 Å². The smallest absolute Gasteiger partial charge is 0.311 e. The number of carbonyl (C=O) groups is 3. The number of thioether (sulfide) groups is 1. The van der Waals surface area contributed by atoms with Gasteiger partial charge in [0.1, 0.15) is 6.04 Å². The van der Waals surface area contributed by atoms with E-state index in [2.05, 4.69) is 27.4 Å². The number of likely N-dealkylation sites (tertiary alicyclic amines) is 1. The molecule has 0 aromatic rings. The van der Waals surface area contributed by atoms with Gasteiger partial charge in [-0.05, 0) is 52.9 Å². The molecule has 3 unspecified atom stereocenters. The molecule has 2 amide bonds. The number of ether oxygens (including phenoxy) is 1. The highest BCUT2D eigenvalue weighted by Crippen LogP contribution is 2.71. The average molecular weight is 481 g/mol. The Morgan fingerprint density at radius 2 is 2.09 bits per heavy atom. The third-order valence-corrected chi connectivity index (χ3v) is 9.69. The van der Waals surface area contributed by atoms with Gasteiger partial charge in [0, 0.05) is 30.5 Å². The number of unbranched alkanes of at least 4 members (excludes halogenated alkanes) is 1.